The molecular formula is C28H32F3N5O3. The van der Waals surface area contributed by atoms with Gasteiger partial charge in [0.05, 0.1) is 29.6 Å². The number of amides is 2. The number of aliphatic imine (C=N–C) groups is 1. The van der Waals surface area contributed by atoms with Gasteiger partial charge in [0.25, 0.3) is 0 Å². The highest BCUT2D eigenvalue weighted by Gasteiger charge is 2.53. The monoisotopic (exact) mass is 543 g/mol. The summed E-state index contributed by atoms with van der Waals surface area (Å²) in [5.74, 6) is -0.799. The first-order valence-electron chi connectivity index (χ1n) is 12.9. The van der Waals surface area contributed by atoms with Gasteiger partial charge in [0.1, 0.15) is 11.4 Å². The number of aromatic nitrogens is 1. The Balaban J connectivity index is 1.41. The molecule has 39 heavy (non-hydrogen) atoms. The molecule has 2 amide bonds. The molecule has 0 saturated heterocycles. The lowest BCUT2D eigenvalue weighted by Gasteiger charge is -2.39. The SMILES string of the molecule is CC1(C)CC(=O)N(C(c2cccnc2)C2CC2C(=O)NC2CC(C)(C)Oc3ccc(C(F)(F)F)cc32)C(N)=N1. The number of halogens is 3. The van der Waals surface area contributed by atoms with Gasteiger partial charge in [0, 0.05) is 30.3 Å². The van der Waals surface area contributed by atoms with Crippen LogP contribution in [-0.2, 0) is 15.8 Å². The summed E-state index contributed by atoms with van der Waals surface area (Å²) in [7, 11) is 0. The van der Waals surface area contributed by atoms with Gasteiger partial charge in [-0.05, 0) is 69.9 Å². The molecule has 3 aliphatic rings. The summed E-state index contributed by atoms with van der Waals surface area (Å²) < 4.78 is 46.2. The molecule has 8 nitrogen and oxygen atoms in total. The third-order valence-corrected chi connectivity index (χ3v) is 7.51. The predicted octanol–water partition coefficient (Wildman–Crippen LogP) is 4.52. The molecule has 2 aromatic rings. The summed E-state index contributed by atoms with van der Waals surface area (Å²) >= 11 is 0. The highest BCUT2D eigenvalue weighted by atomic mass is 19.4. The van der Waals surface area contributed by atoms with Crippen molar-refractivity contribution in [3.8, 4) is 5.75 Å². The largest absolute Gasteiger partial charge is 0.487 e. The molecule has 4 atom stereocenters. The van der Waals surface area contributed by atoms with Crippen molar-refractivity contribution in [3.63, 3.8) is 0 Å². The number of nitrogens with one attached hydrogen (secondary N) is 1. The van der Waals surface area contributed by atoms with E-state index in [4.69, 9.17) is 10.5 Å². The van der Waals surface area contributed by atoms with Gasteiger partial charge < -0.3 is 15.8 Å². The number of pyridine rings is 1. The maximum atomic E-state index is 13.5. The second kappa shape index (κ2) is 9.24. The van der Waals surface area contributed by atoms with Crippen LogP contribution in [0.3, 0.4) is 0 Å². The normalized spacial score (nSPS) is 26.1. The Morgan fingerprint density at radius 1 is 1.23 bits per heavy atom. The first kappa shape index (κ1) is 27.0. The summed E-state index contributed by atoms with van der Waals surface area (Å²) in [6.07, 6.45) is -0.302. The van der Waals surface area contributed by atoms with Gasteiger partial charge in [-0.3, -0.25) is 19.5 Å². The van der Waals surface area contributed by atoms with E-state index in [-0.39, 0.29) is 30.1 Å². The number of guanidine groups is 1. The standard InChI is InChI=1S/C28H32F3N5O3/c1-26(2)13-22(37)36(25(32)35-26)23(15-6-5-9-33-14-15)17-11-18(17)24(38)34-20-12-27(3,4)39-21-8-7-16(10-19(20)21)28(29,30)31/h5-10,14,17-18,20,23H,11-13H2,1-4H3,(H2,32,35)(H,34,38). The van der Waals surface area contributed by atoms with Crippen LogP contribution in [0.15, 0.2) is 47.7 Å². The zero-order valence-electron chi connectivity index (χ0n) is 22.2. The maximum Gasteiger partial charge on any atom is 0.416 e. The molecule has 1 saturated carbocycles. The van der Waals surface area contributed by atoms with Gasteiger partial charge in [-0.25, -0.2) is 4.99 Å². The minimum atomic E-state index is -4.52. The van der Waals surface area contributed by atoms with Gasteiger partial charge in [-0.1, -0.05) is 6.07 Å². The number of hydrogen-bond donors (Lipinski definition) is 2. The average molecular weight is 544 g/mol. The van der Waals surface area contributed by atoms with E-state index in [1.54, 1.807) is 18.5 Å². The number of carbonyl (C=O) groups is 2. The van der Waals surface area contributed by atoms with Crippen molar-refractivity contribution in [1.29, 1.82) is 0 Å². The van der Waals surface area contributed by atoms with Gasteiger partial charge in [-0.2, -0.15) is 13.2 Å². The number of carbonyl (C=O) groups excluding carboxylic acids is 2. The third kappa shape index (κ3) is 5.44. The molecule has 2 aliphatic heterocycles. The zero-order chi connectivity index (χ0) is 28.3. The number of rotatable bonds is 5. The van der Waals surface area contributed by atoms with E-state index in [2.05, 4.69) is 15.3 Å². The van der Waals surface area contributed by atoms with Crippen molar-refractivity contribution in [2.24, 2.45) is 22.6 Å². The lowest BCUT2D eigenvalue weighted by Crippen LogP contribution is -2.52. The fourth-order valence-electron chi connectivity index (χ4n) is 5.73. The van der Waals surface area contributed by atoms with Crippen molar-refractivity contribution >= 4 is 17.8 Å². The van der Waals surface area contributed by atoms with Gasteiger partial charge >= 0.3 is 6.18 Å². The van der Waals surface area contributed by atoms with Crippen LogP contribution >= 0.6 is 0 Å². The quantitative estimate of drug-likeness (QED) is 0.576. The fourth-order valence-corrected chi connectivity index (χ4v) is 5.73. The number of fused-ring (bicyclic) bond motifs is 1. The Morgan fingerprint density at radius 3 is 2.62 bits per heavy atom. The molecule has 1 aliphatic carbocycles. The molecule has 3 N–H and O–H groups in total. The molecule has 4 unspecified atom stereocenters. The van der Waals surface area contributed by atoms with E-state index >= 15 is 0 Å². The van der Waals surface area contributed by atoms with Crippen LogP contribution in [0.25, 0.3) is 0 Å². The first-order chi connectivity index (χ1) is 18.2. The molecule has 1 aromatic carbocycles. The van der Waals surface area contributed by atoms with Gasteiger partial charge in [0.15, 0.2) is 5.96 Å². The lowest BCUT2D eigenvalue weighted by atomic mass is 9.88. The maximum absolute atomic E-state index is 13.5. The van der Waals surface area contributed by atoms with Crippen molar-refractivity contribution in [2.45, 2.75) is 76.4 Å². The molecular weight excluding hydrogens is 511 g/mol. The zero-order valence-corrected chi connectivity index (χ0v) is 22.2. The Morgan fingerprint density at radius 2 is 1.97 bits per heavy atom. The molecule has 0 bridgehead atoms. The van der Waals surface area contributed by atoms with E-state index in [1.165, 1.54) is 11.0 Å². The molecule has 1 fully saturated rings. The van der Waals surface area contributed by atoms with Crippen LogP contribution in [0, 0.1) is 11.8 Å². The Labute approximate surface area is 224 Å². The highest BCUT2D eigenvalue weighted by molar-refractivity contribution is 5.99. The van der Waals surface area contributed by atoms with Crippen molar-refractivity contribution < 1.29 is 27.5 Å². The minimum absolute atomic E-state index is 0.0935. The Hall–Kier alpha value is -3.63. The highest BCUT2D eigenvalue weighted by Crippen LogP contribution is 2.52. The van der Waals surface area contributed by atoms with Crippen LogP contribution in [0.1, 0.15) is 75.7 Å². The Kier molecular flexibility index (Phi) is 6.38. The number of ether oxygens (including phenoxy) is 1. The van der Waals surface area contributed by atoms with Crippen LogP contribution in [0.2, 0.25) is 0 Å². The molecule has 3 heterocycles. The number of nitrogens with zero attached hydrogens (tertiary/aromatic N) is 3. The number of benzene rings is 1. The second-order valence-corrected chi connectivity index (χ2v) is 11.8. The van der Waals surface area contributed by atoms with E-state index in [0.29, 0.717) is 24.2 Å². The van der Waals surface area contributed by atoms with Gasteiger partial charge in [0.2, 0.25) is 11.8 Å². The molecule has 0 spiro atoms. The smallest absolute Gasteiger partial charge is 0.416 e. The van der Waals surface area contributed by atoms with Crippen LogP contribution in [0.4, 0.5) is 13.2 Å². The summed E-state index contributed by atoms with van der Waals surface area (Å²) in [4.78, 5) is 36.9. The molecule has 0 radical (unpaired) electrons. The summed E-state index contributed by atoms with van der Waals surface area (Å²) in [5, 5.41) is 2.98. The number of nitrogens with two attached hydrogens (primary N) is 1. The summed E-state index contributed by atoms with van der Waals surface area (Å²) in [5.41, 5.74) is 5.19. The van der Waals surface area contributed by atoms with E-state index in [9.17, 15) is 22.8 Å². The summed E-state index contributed by atoms with van der Waals surface area (Å²) in [6.45, 7) is 7.32. The summed E-state index contributed by atoms with van der Waals surface area (Å²) in [6, 6.07) is 5.72. The lowest BCUT2D eigenvalue weighted by molar-refractivity contribution is -0.137. The fraction of sp³-hybridized carbons (Fsp3) is 0.500. The molecule has 5 rings (SSSR count). The average Bonchev–Trinajstić information content (AvgIpc) is 3.60. The van der Waals surface area contributed by atoms with Crippen molar-refractivity contribution in [2.75, 3.05) is 0 Å². The van der Waals surface area contributed by atoms with Crippen LogP contribution in [-0.4, -0.2) is 38.8 Å². The minimum Gasteiger partial charge on any atom is -0.487 e. The van der Waals surface area contributed by atoms with Gasteiger partial charge in [-0.15, -0.1) is 0 Å². The number of alkyl halides is 3. The number of hydrogen-bond acceptors (Lipinski definition) is 6. The first-order valence-corrected chi connectivity index (χ1v) is 12.9. The predicted molar refractivity (Wildman–Crippen MR) is 137 cm³/mol. The third-order valence-electron chi connectivity index (χ3n) is 7.51. The molecule has 208 valence electrons. The van der Waals surface area contributed by atoms with E-state index in [0.717, 1.165) is 17.7 Å². The van der Waals surface area contributed by atoms with Crippen LogP contribution in [0.5, 0.6) is 5.75 Å². The van der Waals surface area contributed by atoms with Crippen molar-refractivity contribution in [1.82, 2.24) is 15.2 Å². The van der Waals surface area contributed by atoms with E-state index in [1.807, 2.05) is 33.8 Å². The Bertz CT molecular complexity index is 1330. The van der Waals surface area contributed by atoms with Crippen LogP contribution < -0.4 is 15.8 Å². The molecule has 1 aromatic heterocycles. The van der Waals surface area contributed by atoms with Crippen molar-refractivity contribution in [3.05, 3.63) is 59.4 Å². The molecule has 11 heteroatoms. The topological polar surface area (TPSA) is 110 Å². The van der Waals surface area contributed by atoms with E-state index < -0.39 is 40.9 Å². The second-order valence-electron chi connectivity index (χ2n) is 11.8.